The molecule has 1 aromatic carbocycles. The van der Waals surface area contributed by atoms with Gasteiger partial charge in [0.2, 0.25) is 0 Å². The highest BCUT2D eigenvalue weighted by molar-refractivity contribution is 8.01. The molecule has 0 radical (unpaired) electrons. The molecule has 1 saturated heterocycles. The highest BCUT2D eigenvalue weighted by atomic mass is 32.2. The fourth-order valence-electron chi connectivity index (χ4n) is 3.30. The lowest BCUT2D eigenvalue weighted by Gasteiger charge is -2.23. The van der Waals surface area contributed by atoms with Crippen molar-refractivity contribution in [2.45, 2.75) is 34.2 Å². The minimum absolute atomic E-state index is 0.0448. The van der Waals surface area contributed by atoms with E-state index in [9.17, 15) is 4.79 Å². The summed E-state index contributed by atoms with van der Waals surface area (Å²) in [4.78, 5) is 17.7. The molecule has 3 atom stereocenters. The van der Waals surface area contributed by atoms with Crippen molar-refractivity contribution in [2.75, 3.05) is 6.54 Å². The van der Waals surface area contributed by atoms with Gasteiger partial charge in [-0.05, 0) is 43.0 Å². The largest absolute Gasteiger partial charge is 0.349 e. The molecule has 4 nitrogen and oxygen atoms in total. The van der Waals surface area contributed by atoms with Crippen LogP contribution in [-0.2, 0) is 0 Å². The van der Waals surface area contributed by atoms with Crippen molar-refractivity contribution in [1.82, 2.24) is 15.6 Å². The highest BCUT2D eigenvalue weighted by Gasteiger charge is 2.39. The second kappa shape index (κ2) is 6.02. The molecule has 114 valence electrons. The molecule has 2 bridgehead atoms. The first-order valence-corrected chi connectivity index (χ1v) is 9.19. The van der Waals surface area contributed by atoms with Gasteiger partial charge in [-0.1, -0.05) is 11.8 Å². The van der Waals surface area contributed by atoms with E-state index in [-0.39, 0.29) is 5.91 Å². The summed E-state index contributed by atoms with van der Waals surface area (Å²) in [7, 11) is 0. The molecule has 2 heterocycles. The van der Waals surface area contributed by atoms with E-state index in [0.29, 0.717) is 18.0 Å². The molecule has 2 aliphatic rings. The van der Waals surface area contributed by atoms with Crippen LogP contribution in [-0.4, -0.2) is 29.5 Å². The van der Waals surface area contributed by atoms with Crippen molar-refractivity contribution in [3.63, 3.8) is 0 Å². The van der Waals surface area contributed by atoms with Gasteiger partial charge in [-0.15, -0.1) is 11.3 Å². The molecule has 22 heavy (non-hydrogen) atoms. The van der Waals surface area contributed by atoms with Crippen LogP contribution in [0.4, 0.5) is 0 Å². The van der Waals surface area contributed by atoms with Crippen LogP contribution < -0.4 is 10.6 Å². The van der Waals surface area contributed by atoms with E-state index in [1.807, 2.05) is 29.6 Å². The van der Waals surface area contributed by atoms with E-state index in [2.05, 4.69) is 15.6 Å². The Morgan fingerprint density at radius 1 is 1.32 bits per heavy atom. The van der Waals surface area contributed by atoms with Gasteiger partial charge in [-0.3, -0.25) is 4.79 Å². The van der Waals surface area contributed by atoms with Crippen LogP contribution >= 0.6 is 23.1 Å². The van der Waals surface area contributed by atoms with E-state index in [0.717, 1.165) is 27.8 Å². The van der Waals surface area contributed by atoms with Gasteiger partial charge in [0.25, 0.3) is 5.91 Å². The first kappa shape index (κ1) is 14.2. The molecular weight excluding hydrogens is 314 g/mol. The minimum Gasteiger partial charge on any atom is -0.349 e. The van der Waals surface area contributed by atoms with Crippen LogP contribution in [0.2, 0.25) is 0 Å². The Kier molecular flexibility index (Phi) is 3.90. The van der Waals surface area contributed by atoms with Gasteiger partial charge in [0.15, 0.2) is 4.34 Å². The maximum atomic E-state index is 12.4. The average molecular weight is 331 g/mol. The number of carbonyl (C=O) groups excluding carboxylic acids is 1. The van der Waals surface area contributed by atoms with E-state index >= 15 is 0 Å². The summed E-state index contributed by atoms with van der Waals surface area (Å²) in [5.41, 5.74) is 0.735. The third-order valence-electron chi connectivity index (χ3n) is 4.41. The third kappa shape index (κ3) is 2.91. The fraction of sp³-hybridized carbons (Fsp3) is 0.375. The van der Waals surface area contributed by atoms with Gasteiger partial charge in [0.05, 0.1) is 0 Å². The Bertz CT molecular complexity index is 657. The molecule has 4 rings (SSSR count). The zero-order valence-corrected chi connectivity index (χ0v) is 13.6. The monoisotopic (exact) mass is 331 g/mol. The molecule has 0 spiro atoms. The number of hydrogen-bond acceptors (Lipinski definition) is 5. The molecule has 1 aliphatic heterocycles. The maximum Gasteiger partial charge on any atom is 0.251 e. The number of nitrogens with one attached hydrogen (secondary N) is 2. The topological polar surface area (TPSA) is 54.0 Å². The van der Waals surface area contributed by atoms with Crippen molar-refractivity contribution >= 4 is 29.0 Å². The van der Waals surface area contributed by atoms with Crippen molar-refractivity contribution in [3.05, 3.63) is 41.4 Å². The Morgan fingerprint density at radius 3 is 2.82 bits per heavy atom. The van der Waals surface area contributed by atoms with Crippen LogP contribution in [0.15, 0.2) is 45.1 Å². The summed E-state index contributed by atoms with van der Waals surface area (Å²) >= 11 is 3.25. The molecule has 1 amide bonds. The van der Waals surface area contributed by atoms with E-state index < -0.39 is 0 Å². The van der Waals surface area contributed by atoms with Gasteiger partial charge in [-0.2, -0.15) is 0 Å². The summed E-state index contributed by atoms with van der Waals surface area (Å²) in [5.74, 6) is 0.650. The van der Waals surface area contributed by atoms with Gasteiger partial charge >= 0.3 is 0 Å². The third-order valence-corrected chi connectivity index (χ3v) is 6.30. The van der Waals surface area contributed by atoms with E-state index in [1.54, 1.807) is 29.3 Å². The lowest BCUT2D eigenvalue weighted by atomic mass is 10.0. The van der Waals surface area contributed by atoms with Crippen molar-refractivity contribution in [1.29, 1.82) is 0 Å². The summed E-state index contributed by atoms with van der Waals surface area (Å²) in [6, 6.07) is 8.72. The van der Waals surface area contributed by atoms with E-state index in [1.165, 1.54) is 6.42 Å². The minimum atomic E-state index is 0.0448. The number of rotatable bonds is 4. The highest BCUT2D eigenvalue weighted by Crippen LogP contribution is 2.32. The van der Waals surface area contributed by atoms with Gasteiger partial charge in [0, 0.05) is 40.7 Å². The summed E-state index contributed by atoms with van der Waals surface area (Å²) in [5, 5.41) is 8.63. The van der Waals surface area contributed by atoms with Gasteiger partial charge in [-0.25, -0.2) is 4.98 Å². The number of carbonyl (C=O) groups is 1. The number of piperidine rings is 1. The van der Waals surface area contributed by atoms with Crippen molar-refractivity contribution in [2.24, 2.45) is 5.92 Å². The Balaban J connectivity index is 1.38. The van der Waals surface area contributed by atoms with Crippen LogP contribution in [0.1, 0.15) is 23.2 Å². The van der Waals surface area contributed by atoms with Crippen LogP contribution in [0.3, 0.4) is 0 Å². The number of fused-ring (bicyclic) bond motifs is 2. The second-order valence-electron chi connectivity index (χ2n) is 5.84. The number of nitrogens with zero attached hydrogens (tertiary/aromatic N) is 1. The Labute approximate surface area is 137 Å². The van der Waals surface area contributed by atoms with Gasteiger partial charge < -0.3 is 10.6 Å². The number of amides is 1. The molecule has 2 aromatic rings. The lowest BCUT2D eigenvalue weighted by Crippen LogP contribution is -2.44. The average Bonchev–Trinajstić information content (AvgIpc) is 3.25. The predicted molar refractivity (Wildman–Crippen MR) is 88.4 cm³/mol. The molecule has 1 saturated carbocycles. The normalized spacial score (nSPS) is 26.3. The molecular formula is C16H17N3OS2. The number of aromatic nitrogens is 1. The summed E-state index contributed by atoms with van der Waals surface area (Å²) < 4.78 is 1.02. The number of thiazole rings is 1. The fourth-order valence-corrected chi connectivity index (χ4v) is 4.89. The van der Waals surface area contributed by atoms with Crippen molar-refractivity contribution < 1.29 is 4.79 Å². The first-order chi connectivity index (χ1) is 10.8. The Morgan fingerprint density at radius 2 is 2.18 bits per heavy atom. The molecule has 3 unspecified atom stereocenters. The second-order valence-corrected chi connectivity index (χ2v) is 8.06. The molecule has 2 N–H and O–H groups in total. The van der Waals surface area contributed by atoms with E-state index in [4.69, 9.17) is 0 Å². The zero-order chi connectivity index (χ0) is 14.9. The van der Waals surface area contributed by atoms with Crippen LogP contribution in [0.5, 0.6) is 0 Å². The van der Waals surface area contributed by atoms with Crippen LogP contribution in [0, 0.1) is 5.92 Å². The zero-order valence-electron chi connectivity index (χ0n) is 12.0. The SMILES string of the molecule is O=C(NC1CC2CC1CN2)c1ccc(Sc2nccs2)cc1. The molecule has 1 aromatic heterocycles. The predicted octanol–water partition coefficient (Wildman–Crippen LogP) is 2.77. The Hall–Kier alpha value is -1.37. The quantitative estimate of drug-likeness (QED) is 0.904. The molecule has 6 heteroatoms. The lowest BCUT2D eigenvalue weighted by molar-refractivity contribution is 0.0925. The molecule has 2 fully saturated rings. The van der Waals surface area contributed by atoms with Crippen LogP contribution in [0.25, 0.3) is 0 Å². The number of benzene rings is 1. The summed E-state index contributed by atoms with van der Waals surface area (Å²) in [6.07, 6.45) is 4.07. The van der Waals surface area contributed by atoms with Gasteiger partial charge in [0.1, 0.15) is 0 Å². The maximum absolute atomic E-state index is 12.4. The first-order valence-electron chi connectivity index (χ1n) is 7.49. The standard InChI is InChI=1S/C16H17N3OS2/c20-15(19-14-8-12-7-11(14)9-18-12)10-1-3-13(4-2-10)22-16-17-5-6-21-16/h1-6,11-12,14,18H,7-9H2,(H,19,20). The molecule has 1 aliphatic carbocycles. The smallest absolute Gasteiger partial charge is 0.251 e. The summed E-state index contributed by atoms with van der Waals surface area (Å²) in [6.45, 7) is 1.04. The number of hydrogen-bond donors (Lipinski definition) is 2. The van der Waals surface area contributed by atoms with Crippen molar-refractivity contribution in [3.8, 4) is 0 Å².